The third kappa shape index (κ3) is 3.51. The zero-order valence-corrected chi connectivity index (χ0v) is 13.9. The molecule has 7 heteroatoms. The molecule has 3 aromatic rings. The highest BCUT2D eigenvalue weighted by Crippen LogP contribution is 2.28. The summed E-state index contributed by atoms with van der Waals surface area (Å²) in [4.78, 5) is 25.9. The van der Waals surface area contributed by atoms with Gasteiger partial charge < -0.3 is 9.67 Å². The fourth-order valence-electron chi connectivity index (χ4n) is 2.52. The van der Waals surface area contributed by atoms with Crippen LogP contribution in [0.5, 0.6) is 0 Å². The van der Waals surface area contributed by atoms with Crippen LogP contribution in [0.3, 0.4) is 0 Å². The second kappa shape index (κ2) is 7.02. The number of nitro benzene ring substituents is 1. The van der Waals surface area contributed by atoms with Crippen molar-refractivity contribution in [2.24, 2.45) is 4.99 Å². The molecule has 0 radical (unpaired) electrons. The normalized spacial score (nSPS) is 11.0. The van der Waals surface area contributed by atoms with E-state index in [4.69, 9.17) is 5.11 Å². The molecule has 0 bridgehead atoms. The molecule has 0 amide bonds. The van der Waals surface area contributed by atoms with Crippen molar-refractivity contribution < 1.29 is 14.8 Å². The molecule has 1 aromatic heterocycles. The minimum Gasteiger partial charge on any atom is -0.478 e. The highest BCUT2D eigenvalue weighted by molar-refractivity contribution is 5.88. The number of hydrogen-bond donors (Lipinski definition) is 1. The Morgan fingerprint density at radius 3 is 2.58 bits per heavy atom. The van der Waals surface area contributed by atoms with E-state index >= 15 is 0 Å². The van der Waals surface area contributed by atoms with Crippen molar-refractivity contribution >= 4 is 23.6 Å². The Hall–Kier alpha value is -3.74. The Balaban J connectivity index is 1.93. The highest BCUT2D eigenvalue weighted by atomic mass is 16.6. The lowest BCUT2D eigenvalue weighted by atomic mass is 10.2. The number of hydrogen-bond acceptors (Lipinski definition) is 4. The molecule has 26 heavy (non-hydrogen) atoms. The topological polar surface area (TPSA) is 97.7 Å². The van der Waals surface area contributed by atoms with E-state index < -0.39 is 10.9 Å². The molecule has 0 saturated heterocycles. The van der Waals surface area contributed by atoms with Crippen molar-refractivity contribution in [3.8, 4) is 5.69 Å². The van der Waals surface area contributed by atoms with E-state index in [9.17, 15) is 14.9 Å². The van der Waals surface area contributed by atoms with Crippen molar-refractivity contribution in [2.75, 3.05) is 0 Å². The Bertz CT molecular complexity index is 1000. The molecule has 2 aromatic carbocycles. The van der Waals surface area contributed by atoms with Gasteiger partial charge in [0.1, 0.15) is 5.69 Å². The van der Waals surface area contributed by atoms with Crippen LogP contribution < -0.4 is 0 Å². The molecule has 7 nitrogen and oxygen atoms in total. The highest BCUT2D eigenvalue weighted by Gasteiger charge is 2.13. The Labute approximate surface area is 149 Å². The van der Waals surface area contributed by atoms with Gasteiger partial charge in [0.05, 0.1) is 22.4 Å². The number of aliphatic imine (C=N–C) groups is 1. The fraction of sp³-hybridized carbons (Fsp3) is 0.0526. The van der Waals surface area contributed by atoms with Crippen LogP contribution in [0.1, 0.15) is 21.6 Å². The predicted octanol–water partition coefficient (Wildman–Crippen LogP) is 4.14. The van der Waals surface area contributed by atoms with Crippen molar-refractivity contribution in [1.82, 2.24) is 4.57 Å². The number of aromatic carboxylic acids is 1. The lowest BCUT2D eigenvalue weighted by Crippen LogP contribution is -2.00. The summed E-state index contributed by atoms with van der Waals surface area (Å²) >= 11 is 0. The van der Waals surface area contributed by atoms with E-state index in [0.717, 1.165) is 11.3 Å². The maximum Gasteiger partial charge on any atom is 0.335 e. The first-order chi connectivity index (χ1) is 12.5. The largest absolute Gasteiger partial charge is 0.478 e. The van der Waals surface area contributed by atoms with Gasteiger partial charge in [-0.1, -0.05) is 6.07 Å². The molecule has 130 valence electrons. The molecule has 0 unspecified atom stereocenters. The predicted molar refractivity (Wildman–Crippen MR) is 97.8 cm³/mol. The van der Waals surface area contributed by atoms with Crippen LogP contribution in [0.25, 0.3) is 5.69 Å². The number of nitro groups is 1. The molecule has 0 fully saturated rings. The lowest BCUT2D eigenvalue weighted by molar-refractivity contribution is -0.384. The second-order valence-electron chi connectivity index (χ2n) is 5.66. The third-order valence-electron chi connectivity index (χ3n) is 3.84. The average molecular weight is 349 g/mol. The first-order valence-corrected chi connectivity index (χ1v) is 7.76. The number of aryl methyl sites for hydroxylation is 1. The van der Waals surface area contributed by atoms with Gasteiger partial charge in [0.15, 0.2) is 0 Å². The Morgan fingerprint density at radius 2 is 1.92 bits per heavy atom. The molecule has 1 N–H and O–H groups in total. The van der Waals surface area contributed by atoms with Gasteiger partial charge in [-0.05, 0) is 55.0 Å². The summed E-state index contributed by atoms with van der Waals surface area (Å²) in [7, 11) is 0. The quantitative estimate of drug-likeness (QED) is 0.425. The van der Waals surface area contributed by atoms with Gasteiger partial charge in [0, 0.05) is 18.0 Å². The van der Waals surface area contributed by atoms with E-state index in [0.29, 0.717) is 5.69 Å². The zero-order valence-electron chi connectivity index (χ0n) is 13.9. The van der Waals surface area contributed by atoms with Gasteiger partial charge in [-0.3, -0.25) is 10.1 Å². The molecule has 0 aliphatic heterocycles. The monoisotopic (exact) mass is 349 g/mol. The maximum atomic E-state index is 11.2. The second-order valence-corrected chi connectivity index (χ2v) is 5.66. The van der Waals surface area contributed by atoms with E-state index in [1.54, 1.807) is 43.6 Å². The van der Waals surface area contributed by atoms with Crippen LogP contribution in [0.2, 0.25) is 0 Å². The van der Waals surface area contributed by atoms with Gasteiger partial charge >= 0.3 is 5.97 Å². The minimum atomic E-state index is -0.988. The molecule has 3 rings (SSSR count). The number of benzene rings is 2. The van der Waals surface area contributed by atoms with E-state index in [1.165, 1.54) is 18.2 Å². The number of nitrogens with zero attached hydrogens (tertiary/aromatic N) is 3. The molecule has 1 heterocycles. The van der Waals surface area contributed by atoms with E-state index in [1.807, 2.05) is 16.7 Å². The van der Waals surface area contributed by atoms with Crippen LogP contribution in [0.4, 0.5) is 11.4 Å². The van der Waals surface area contributed by atoms with Gasteiger partial charge in [0.2, 0.25) is 0 Å². The molecule has 0 aliphatic rings. The Morgan fingerprint density at radius 1 is 1.19 bits per heavy atom. The third-order valence-corrected chi connectivity index (χ3v) is 3.84. The van der Waals surface area contributed by atoms with Crippen molar-refractivity contribution in [1.29, 1.82) is 0 Å². The van der Waals surface area contributed by atoms with Crippen LogP contribution in [0, 0.1) is 17.0 Å². The minimum absolute atomic E-state index is 0.0508. The summed E-state index contributed by atoms with van der Waals surface area (Å²) in [6.07, 6.45) is 3.35. The number of carbonyl (C=O) groups is 1. The van der Waals surface area contributed by atoms with Gasteiger partial charge in [-0.25, -0.2) is 9.79 Å². The van der Waals surface area contributed by atoms with Crippen LogP contribution in [-0.4, -0.2) is 26.8 Å². The average Bonchev–Trinajstić information content (AvgIpc) is 3.09. The van der Waals surface area contributed by atoms with Gasteiger partial charge in [0.25, 0.3) is 5.69 Å². The Kier molecular flexibility index (Phi) is 4.62. The molecule has 0 atom stereocenters. The first-order valence-electron chi connectivity index (χ1n) is 7.76. The molecule has 0 aliphatic carbocycles. The summed E-state index contributed by atoms with van der Waals surface area (Å²) < 4.78 is 1.81. The summed E-state index contributed by atoms with van der Waals surface area (Å²) in [6, 6.07) is 14.9. The summed E-state index contributed by atoms with van der Waals surface area (Å²) in [5, 5.41) is 20.2. The lowest BCUT2D eigenvalue weighted by Gasteiger charge is -2.06. The summed E-state index contributed by atoms with van der Waals surface area (Å²) in [5.74, 6) is -0.988. The van der Waals surface area contributed by atoms with Crippen molar-refractivity contribution in [3.05, 3.63) is 87.7 Å². The van der Waals surface area contributed by atoms with Crippen LogP contribution in [0.15, 0.2) is 65.8 Å². The van der Waals surface area contributed by atoms with Gasteiger partial charge in [-0.15, -0.1) is 0 Å². The maximum absolute atomic E-state index is 11.2. The van der Waals surface area contributed by atoms with Crippen LogP contribution in [-0.2, 0) is 0 Å². The smallest absolute Gasteiger partial charge is 0.335 e. The van der Waals surface area contributed by atoms with Crippen molar-refractivity contribution in [3.63, 3.8) is 0 Å². The van der Waals surface area contributed by atoms with E-state index in [2.05, 4.69) is 4.99 Å². The molecular formula is C19H15N3O4. The van der Waals surface area contributed by atoms with Crippen molar-refractivity contribution in [2.45, 2.75) is 6.92 Å². The molecular weight excluding hydrogens is 334 g/mol. The number of rotatable bonds is 5. The fourth-order valence-corrected chi connectivity index (χ4v) is 2.52. The summed E-state index contributed by atoms with van der Waals surface area (Å²) in [6.45, 7) is 1.78. The number of aromatic nitrogens is 1. The van der Waals surface area contributed by atoms with Gasteiger partial charge in [-0.2, -0.15) is 0 Å². The number of carboxylic acids is 1. The SMILES string of the molecule is Cc1ccc(N=Cc2cccn2-c2ccc(C(=O)O)cc2)c([N+](=O)[O-])c1. The summed E-state index contributed by atoms with van der Waals surface area (Å²) in [5.41, 5.74) is 2.69. The van der Waals surface area contributed by atoms with Crippen LogP contribution >= 0.6 is 0 Å². The molecule has 0 spiro atoms. The standard InChI is InChI=1S/C19H15N3O4/c1-13-4-9-17(18(11-13)22(25)26)20-12-16-3-2-10-21(16)15-7-5-14(6-8-15)19(23)24/h2-12H,1H3,(H,23,24). The number of carboxylic acid groups (broad SMARTS) is 1. The van der Waals surface area contributed by atoms with E-state index in [-0.39, 0.29) is 16.9 Å². The first kappa shape index (κ1) is 17.1. The zero-order chi connectivity index (χ0) is 18.7. The molecule has 0 saturated carbocycles.